The lowest BCUT2D eigenvalue weighted by atomic mass is 10.2. The molecule has 2 heteroatoms. The van der Waals surface area contributed by atoms with Crippen molar-refractivity contribution >= 4 is 5.69 Å². The van der Waals surface area contributed by atoms with Gasteiger partial charge in [0.25, 0.3) is 0 Å². The summed E-state index contributed by atoms with van der Waals surface area (Å²) in [5, 5.41) is 8.83. The summed E-state index contributed by atoms with van der Waals surface area (Å²) in [5.41, 5.74) is 1.33. The van der Waals surface area contributed by atoms with E-state index >= 15 is 0 Å². The first-order valence-corrected chi connectivity index (χ1v) is 6.31. The predicted octanol–water partition coefficient (Wildman–Crippen LogP) is 2.68. The van der Waals surface area contributed by atoms with Crippen LogP contribution >= 0.6 is 0 Å². The first-order valence-electron chi connectivity index (χ1n) is 6.31. The van der Waals surface area contributed by atoms with Gasteiger partial charge in [-0.05, 0) is 43.7 Å². The van der Waals surface area contributed by atoms with Crippen molar-refractivity contribution < 1.29 is 5.11 Å². The van der Waals surface area contributed by atoms with E-state index in [-0.39, 0.29) is 0 Å². The highest BCUT2D eigenvalue weighted by atomic mass is 16.2. The van der Waals surface area contributed by atoms with Crippen LogP contribution in [-0.2, 0) is 0 Å². The van der Waals surface area contributed by atoms with Gasteiger partial charge in [-0.25, -0.2) is 0 Å². The highest BCUT2D eigenvalue weighted by molar-refractivity contribution is 5.46. The Morgan fingerprint density at radius 1 is 1.12 bits per heavy atom. The molecule has 1 saturated carbocycles. The molecule has 0 unspecified atom stereocenters. The molecule has 0 heterocycles. The SMILES string of the molecule is OCCCCN(CC1CC1)c1ccccc1. The van der Waals surface area contributed by atoms with Gasteiger partial charge in [0.2, 0.25) is 0 Å². The van der Waals surface area contributed by atoms with Crippen LogP contribution in [0.4, 0.5) is 5.69 Å². The predicted molar refractivity (Wildman–Crippen MR) is 67.7 cm³/mol. The monoisotopic (exact) mass is 219 g/mol. The van der Waals surface area contributed by atoms with Crippen molar-refractivity contribution in [1.82, 2.24) is 0 Å². The molecular formula is C14H21NO. The van der Waals surface area contributed by atoms with Crippen molar-refractivity contribution in [1.29, 1.82) is 0 Å². The zero-order valence-electron chi connectivity index (χ0n) is 9.81. The van der Waals surface area contributed by atoms with Crippen molar-refractivity contribution in [3.8, 4) is 0 Å². The van der Waals surface area contributed by atoms with E-state index in [1.54, 1.807) is 0 Å². The molecule has 88 valence electrons. The molecule has 0 aromatic heterocycles. The number of anilines is 1. The summed E-state index contributed by atoms with van der Waals surface area (Å²) in [7, 11) is 0. The minimum atomic E-state index is 0.312. The van der Waals surface area contributed by atoms with Gasteiger partial charge in [-0.2, -0.15) is 0 Å². The molecule has 0 atom stereocenters. The number of aliphatic hydroxyl groups is 1. The van der Waals surface area contributed by atoms with Gasteiger partial charge in [0.05, 0.1) is 0 Å². The summed E-state index contributed by atoms with van der Waals surface area (Å²) >= 11 is 0. The largest absolute Gasteiger partial charge is 0.396 e. The Morgan fingerprint density at radius 2 is 1.88 bits per heavy atom. The zero-order chi connectivity index (χ0) is 11.2. The molecule has 0 amide bonds. The molecule has 2 nitrogen and oxygen atoms in total. The van der Waals surface area contributed by atoms with E-state index in [4.69, 9.17) is 5.11 Å². The van der Waals surface area contributed by atoms with Crippen LogP contribution in [-0.4, -0.2) is 24.8 Å². The van der Waals surface area contributed by atoms with Gasteiger partial charge in [-0.3, -0.25) is 0 Å². The molecule has 1 aromatic carbocycles. The smallest absolute Gasteiger partial charge is 0.0431 e. The van der Waals surface area contributed by atoms with Crippen LogP contribution in [0.15, 0.2) is 30.3 Å². The second kappa shape index (κ2) is 5.90. The summed E-state index contributed by atoms with van der Waals surface area (Å²) in [5.74, 6) is 0.911. The van der Waals surface area contributed by atoms with E-state index in [1.165, 1.54) is 25.1 Å². The number of hydrogen-bond acceptors (Lipinski definition) is 2. The molecule has 0 aliphatic heterocycles. The lowest BCUT2D eigenvalue weighted by Gasteiger charge is -2.24. The lowest BCUT2D eigenvalue weighted by Crippen LogP contribution is -2.26. The number of nitrogens with zero attached hydrogens (tertiary/aromatic N) is 1. The van der Waals surface area contributed by atoms with Gasteiger partial charge in [0, 0.05) is 25.4 Å². The molecule has 0 saturated heterocycles. The Balaban J connectivity index is 1.90. The summed E-state index contributed by atoms with van der Waals surface area (Å²) in [6.45, 7) is 2.57. The Labute approximate surface area is 97.9 Å². The highest BCUT2D eigenvalue weighted by Crippen LogP contribution is 2.31. The second-order valence-electron chi connectivity index (χ2n) is 4.66. The molecule has 0 bridgehead atoms. The molecule has 16 heavy (non-hydrogen) atoms. The van der Waals surface area contributed by atoms with Crippen LogP contribution in [0.5, 0.6) is 0 Å². The van der Waals surface area contributed by atoms with Crippen molar-refractivity contribution in [3.05, 3.63) is 30.3 Å². The van der Waals surface area contributed by atoms with Crippen molar-refractivity contribution in [2.75, 3.05) is 24.6 Å². The first-order chi connectivity index (χ1) is 7.90. The van der Waals surface area contributed by atoms with Gasteiger partial charge >= 0.3 is 0 Å². The van der Waals surface area contributed by atoms with Gasteiger partial charge in [-0.15, -0.1) is 0 Å². The summed E-state index contributed by atoms with van der Waals surface area (Å²) < 4.78 is 0. The number of aliphatic hydroxyl groups excluding tert-OH is 1. The first kappa shape index (κ1) is 11.5. The third-order valence-electron chi connectivity index (χ3n) is 3.13. The Kier molecular flexibility index (Phi) is 4.23. The average Bonchev–Trinajstić information content (AvgIpc) is 3.13. The minimum absolute atomic E-state index is 0.312. The van der Waals surface area contributed by atoms with Crippen molar-refractivity contribution in [2.45, 2.75) is 25.7 Å². The van der Waals surface area contributed by atoms with Crippen LogP contribution in [0.1, 0.15) is 25.7 Å². The van der Waals surface area contributed by atoms with Crippen LogP contribution in [0.2, 0.25) is 0 Å². The Bertz CT molecular complexity index is 295. The van der Waals surface area contributed by atoms with E-state index in [0.717, 1.165) is 25.3 Å². The molecule has 0 spiro atoms. The standard InChI is InChI=1S/C14H21NO/c16-11-5-4-10-15(12-13-8-9-13)14-6-2-1-3-7-14/h1-3,6-7,13,16H,4-5,8-12H2. The summed E-state index contributed by atoms with van der Waals surface area (Å²) in [6.07, 6.45) is 4.78. The Morgan fingerprint density at radius 3 is 2.50 bits per heavy atom. The Hall–Kier alpha value is -1.02. The van der Waals surface area contributed by atoms with E-state index in [2.05, 4.69) is 35.2 Å². The maximum atomic E-state index is 8.83. The lowest BCUT2D eigenvalue weighted by molar-refractivity contribution is 0.285. The number of hydrogen-bond donors (Lipinski definition) is 1. The number of para-hydroxylation sites is 1. The fourth-order valence-corrected chi connectivity index (χ4v) is 1.99. The minimum Gasteiger partial charge on any atom is -0.396 e. The third kappa shape index (κ3) is 3.53. The van der Waals surface area contributed by atoms with Crippen LogP contribution < -0.4 is 4.90 Å². The van der Waals surface area contributed by atoms with Gasteiger partial charge in [-0.1, -0.05) is 18.2 Å². The van der Waals surface area contributed by atoms with Gasteiger partial charge in [0.1, 0.15) is 0 Å². The zero-order valence-corrected chi connectivity index (χ0v) is 9.81. The number of rotatable bonds is 7. The third-order valence-corrected chi connectivity index (χ3v) is 3.13. The molecule has 1 aliphatic rings. The highest BCUT2D eigenvalue weighted by Gasteiger charge is 2.24. The maximum absolute atomic E-state index is 8.83. The van der Waals surface area contributed by atoms with E-state index in [0.29, 0.717) is 6.61 Å². The molecule has 2 rings (SSSR count). The van der Waals surface area contributed by atoms with Crippen LogP contribution in [0.3, 0.4) is 0 Å². The second-order valence-corrected chi connectivity index (χ2v) is 4.66. The molecular weight excluding hydrogens is 198 g/mol. The van der Waals surface area contributed by atoms with E-state index < -0.39 is 0 Å². The van der Waals surface area contributed by atoms with Crippen LogP contribution in [0.25, 0.3) is 0 Å². The molecule has 1 N–H and O–H groups in total. The van der Waals surface area contributed by atoms with Crippen molar-refractivity contribution in [2.24, 2.45) is 5.92 Å². The average molecular weight is 219 g/mol. The van der Waals surface area contributed by atoms with Crippen LogP contribution in [0, 0.1) is 5.92 Å². The molecule has 1 fully saturated rings. The molecule has 1 aromatic rings. The maximum Gasteiger partial charge on any atom is 0.0431 e. The number of benzene rings is 1. The fourth-order valence-electron chi connectivity index (χ4n) is 1.99. The topological polar surface area (TPSA) is 23.5 Å². The van der Waals surface area contributed by atoms with Gasteiger partial charge < -0.3 is 10.0 Å². The van der Waals surface area contributed by atoms with Gasteiger partial charge in [0.15, 0.2) is 0 Å². The van der Waals surface area contributed by atoms with E-state index in [1.807, 2.05) is 0 Å². The molecule has 0 radical (unpaired) electrons. The van der Waals surface area contributed by atoms with E-state index in [9.17, 15) is 0 Å². The van der Waals surface area contributed by atoms with Crippen molar-refractivity contribution in [3.63, 3.8) is 0 Å². The normalized spacial score (nSPS) is 15.1. The quantitative estimate of drug-likeness (QED) is 0.713. The molecule has 1 aliphatic carbocycles. The summed E-state index contributed by atoms with van der Waals surface area (Å²) in [6, 6.07) is 10.6. The summed E-state index contributed by atoms with van der Waals surface area (Å²) in [4.78, 5) is 2.47. The fraction of sp³-hybridized carbons (Fsp3) is 0.571. The number of unbranched alkanes of at least 4 members (excludes halogenated alkanes) is 1.